The van der Waals surface area contributed by atoms with Crippen LogP contribution in [0.5, 0.6) is 0 Å². The molecule has 2 aliphatic rings. The maximum atomic E-state index is 12.3. The van der Waals surface area contributed by atoms with Crippen LogP contribution in [0.25, 0.3) is 0 Å². The number of nitrogens with zero attached hydrogens (tertiary/aromatic N) is 1. The molecule has 5 heteroatoms. The fraction of sp³-hybridized carbons (Fsp3) is 0.500. The summed E-state index contributed by atoms with van der Waals surface area (Å²) in [5.41, 5.74) is 0.641. The van der Waals surface area contributed by atoms with Crippen molar-refractivity contribution in [2.24, 2.45) is 5.92 Å². The lowest BCUT2D eigenvalue weighted by Crippen LogP contribution is -2.40. The molecule has 1 saturated carbocycles. The number of imide groups is 1. The topological polar surface area (TPSA) is 58.6 Å². The molecule has 1 aromatic carbocycles. The van der Waals surface area contributed by atoms with Crippen LogP contribution < -0.4 is 10.2 Å². The number of amides is 2. The van der Waals surface area contributed by atoms with Gasteiger partial charge in [0.05, 0.1) is 24.8 Å². The van der Waals surface area contributed by atoms with Gasteiger partial charge in [-0.15, -0.1) is 0 Å². The summed E-state index contributed by atoms with van der Waals surface area (Å²) >= 11 is 0. The zero-order valence-electron chi connectivity index (χ0n) is 12.0. The first-order valence-corrected chi connectivity index (χ1v) is 7.48. The molecular formula is C16H20N2O3. The van der Waals surface area contributed by atoms with E-state index in [1.807, 2.05) is 18.2 Å². The smallest absolute Gasteiger partial charge is 0.251 e. The van der Waals surface area contributed by atoms with Crippen molar-refractivity contribution in [3.8, 4) is 0 Å². The number of rotatable bonds is 7. The van der Waals surface area contributed by atoms with Gasteiger partial charge in [-0.1, -0.05) is 18.2 Å². The Morgan fingerprint density at radius 1 is 1.19 bits per heavy atom. The van der Waals surface area contributed by atoms with Crippen LogP contribution in [0.4, 0.5) is 5.69 Å². The van der Waals surface area contributed by atoms with Gasteiger partial charge in [0, 0.05) is 13.2 Å². The number of nitrogens with one attached hydrogen (secondary N) is 1. The lowest BCUT2D eigenvalue weighted by molar-refractivity contribution is -0.121. The number of para-hydroxylation sites is 1. The third kappa shape index (κ3) is 3.49. The van der Waals surface area contributed by atoms with Crippen molar-refractivity contribution in [1.29, 1.82) is 0 Å². The summed E-state index contributed by atoms with van der Waals surface area (Å²) in [6.07, 6.45) is 2.76. The number of hydrogen-bond donors (Lipinski definition) is 1. The molecule has 0 radical (unpaired) electrons. The first-order chi connectivity index (χ1) is 10.3. The predicted molar refractivity (Wildman–Crippen MR) is 78.9 cm³/mol. The van der Waals surface area contributed by atoms with Gasteiger partial charge in [0.2, 0.25) is 5.91 Å². The molecule has 1 saturated heterocycles. The van der Waals surface area contributed by atoms with E-state index in [4.69, 9.17) is 4.74 Å². The summed E-state index contributed by atoms with van der Waals surface area (Å²) in [4.78, 5) is 25.6. The highest BCUT2D eigenvalue weighted by molar-refractivity contribution is 6.22. The van der Waals surface area contributed by atoms with Gasteiger partial charge in [-0.2, -0.15) is 0 Å². The fourth-order valence-corrected chi connectivity index (χ4v) is 2.48. The Balaban J connectivity index is 1.48. The molecule has 112 valence electrons. The average Bonchev–Trinajstić information content (AvgIpc) is 3.26. The summed E-state index contributed by atoms with van der Waals surface area (Å²) in [5, 5.41) is 3.12. The minimum absolute atomic E-state index is 0.150. The van der Waals surface area contributed by atoms with Crippen LogP contribution in [0.1, 0.15) is 19.3 Å². The number of carbonyl (C=O) groups is 2. The molecule has 1 aliphatic carbocycles. The van der Waals surface area contributed by atoms with Gasteiger partial charge in [-0.05, 0) is 30.9 Å². The summed E-state index contributed by atoms with van der Waals surface area (Å²) in [6, 6.07) is 8.63. The van der Waals surface area contributed by atoms with Crippen LogP contribution in [-0.4, -0.2) is 37.6 Å². The lowest BCUT2D eigenvalue weighted by atomic mass is 10.2. The predicted octanol–water partition coefficient (Wildman–Crippen LogP) is 1.33. The van der Waals surface area contributed by atoms with Crippen LogP contribution in [0.3, 0.4) is 0 Å². The maximum Gasteiger partial charge on any atom is 0.251 e. The largest absolute Gasteiger partial charge is 0.380 e. The number of anilines is 1. The zero-order chi connectivity index (χ0) is 14.7. The molecule has 1 heterocycles. The molecule has 2 fully saturated rings. The number of carbonyl (C=O) groups excluding carboxylic acids is 2. The molecule has 1 N–H and O–H groups in total. The SMILES string of the molecule is O=C1CC(NCCOCC2CC2)C(=O)N1c1ccccc1. The molecule has 1 atom stereocenters. The Morgan fingerprint density at radius 3 is 2.67 bits per heavy atom. The van der Waals surface area contributed by atoms with Crippen molar-refractivity contribution in [3.63, 3.8) is 0 Å². The molecule has 1 aromatic rings. The number of benzene rings is 1. The van der Waals surface area contributed by atoms with E-state index in [1.54, 1.807) is 12.1 Å². The van der Waals surface area contributed by atoms with Crippen LogP contribution >= 0.6 is 0 Å². The van der Waals surface area contributed by atoms with Gasteiger partial charge in [0.15, 0.2) is 0 Å². The molecule has 1 unspecified atom stereocenters. The van der Waals surface area contributed by atoms with Crippen molar-refractivity contribution >= 4 is 17.5 Å². The molecule has 3 rings (SSSR count). The molecule has 0 spiro atoms. The number of ether oxygens (including phenoxy) is 1. The van der Waals surface area contributed by atoms with Gasteiger partial charge in [0.1, 0.15) is 0 Å². The minimum atomic E-state index is -0.428. The highest BCUT2D eigenvalue weighted by Gasteiger charge is 2.39. The maximum absolute atomic E-state index is 12.3. The highest BCUT2D eigenvalue weighted by atomic mass is 16.5. The zero-order valence-corrected chi connectivity index (χ0v) is 12.0. The Labute approximate surface area is 124 Å². The van der Waals surface area contributed by atoms with E-state index in [0.717, 1.165) is 12.5 Å². The van der Waals surface area contributed by atoms with Crippen molar-refractivity contribution in [1.82, 2.24) is 5.32 Å². The normalized spacial score (nSPS) is 22.1. The second-order valence-corrected chi connectivity index (χ2v) is 5.63. The van der Waals surface area contributed by atoms with E-state index in [0.29, 0.717) is 18.8 Å². The van der Waals surface area contributed by atoms with E-state index in [-0.39, 0.29) is 18.2 Å². The highest BCUT2D eigenvalue weighted by Crippen LogP contribution is 2.28. The van der Waals surface area contributed by atoms with Crippen molar-refractivity contribution < 1.29 is 14.3 Å². The van der Waals surface area contributed by atoms with Gasteiger partial charge in [-0.3, -0.25) is 9.59 Å². The minimum Gasteiger partial charge on any atom is -0.380 e. The summed E-state index contributed by atoms with van der Waals surface area (Å²) in [5.74, 6) is 0.421. The van der Waals surface area contributed by atoms with Crippen LogP contribution in [0, 0.1) is 5.92 Å². The first kappa shape index (κ1) is 14.2. The molecule has 5 nitrogen and oxygen atoms in total. The van der Waals surface area contributed by atoms with Crippen molar-refractivity contribution in [2.75, 3.05) is 24.7 Å². The second-order valence-electron chi connectivity index (χ2n) is 5.63. The molecule has 1 aliphatic heterocycles. The Hall–Kier alpha value is -1.72. The summed E-state index contributed by atoms with van der Waals surface area (Å²) in [6.45, 7) is 1.99. The third-order valence-electron chi connectivity index (χ3n) is 3.85. The van der Waals surface area contributed by atoms with E-state index >= 15 is 0 Å². The van der Waals surface area contributed by atoms with Gasteiger partial charge >= 0.3 is 0 Å². The van der Waals surface area contributed by atoms with Crippen molar-refractivity contribution in [3.05, 3.63) is 30.3 Å². The van der Waals surface area contributed by atoms with Gasteiger partial charge < -0.3 is 10.1 Å². The number of hydrogen-bond acceptors (Lipinski definition) is 4. The van der Waals surface area contributed by atoms with Crippen LogP contribution in [0.15, 0.2) is 30.3 Å². The lowest BCUT2D eigenvalue weighted by Gasteiger charge is -2.15. The van der Waals surface area contributed by atoms with Crippen LogP contribution in [-0.2, 0) is 14.3 Å². The molecule has 21 heavy (non-hydrogen) atoms. The van der Waals surface area contributed by atoms with E-state index < -0.39 is 6.04 Å². The van der Waals surface area contributed by atoms with Gasteiger partial charge in [0.25, 0.3) is 5.91 Å². The quantitative estimate of drug-likeness (QED) is 0.607. The summed E-state index contributed by atoms with van der Waals surface area (Å²) < 4.78 is 5.52. The Morgan fingerprint density at radius 2 is 1.95 bits per heavy atom. The van der Waals surface area contributed by atoms with Crippen LogP contribution in [0.2, 0.25) is 0 Å². The first-order valence-electron chi connectivity index (χ1n) is 7.48. The van der Waals surface area contributed by atoms with E-state index in [1.165, 1.54) is 17.7 Å². The van der Waals surface area contributed by atoms with E-state index in [9.17, 15) is 9.59 Å². The Kier molecular flexibility index (Phi) is 4.31. The van der Waals surface area contributed by atoms with E-state index in [2.05, 4.69) is 5.32 Å². The average molecular weight is 288 g/mol. The molecular weight excluding hydrogens is 268 g/mol. The monoisotopic (exact) mass is 288 g/mol. The summed E-state index contributed by atoms with van der Waals surface area (Å²) in [7, 11) is 0. The van der Waals surface area contributed by atoms with Crippen molar-refractivity contribution in [2.45, 2.75) is 25.3 Å². The van der Waals surface area contributed by atoms with Gasteiger partial charge in [-0.25, -0.2) is 4.90 Å². The Bertz CT molecular complexity index is 514. The molecule has 0 bridgehead atoms. The second kappa shape index (κ2) is 6.37. The molecule has 2 amide bonds. The standard InChI is InChI=1S/C16H20N2O3/c19-15-10-14(17-8-9-21-11-12-6-7-12)16(20)18(15)13-4-2-1-3-5-13/h1-5,12,14,17H,6-11H2. The molecule has 0 aromatic heterocycles. The fourth-order valence-electron chi connectivity index (χ4n) is 2.48. The third-order valence-corrected chi connectivity index (χ3v) is 3.85.